The molecule has 174 valence electrons. The van der Waals surface area contributed by atoms with E-state index in [1.807, 2.05) is 12.1 Å². The van der Waals surface area contributed by atoms with Crippen molar-refractivity contribution in [1.29, 1.82) is 0 Å². The molecular weight excluding hydrogens is 433 g/mol. The van der Waals surface area contributed by atoms with Crippen molar-refractivity contribution >= 4 is 0 Å². The van der Waals surface area contributed by atoms with Gasteiger partial charge in [-0.25, -0.2) is 9.97 Å². The number of halogens is 3. The van der Waals surface area contributed by atoms with Gasteiger partial charge < -0.3 is 15.5 Å². The Morgan fingerprint density at radius 2 is 1.91 bits per heavy atom. The largest absolute Gasteiger partial charge is 0.416 e. The first-order valence-electron chi connectivity index (χ1n) is 10.8. The minimum atomic E-state index is -4.45. The lowest BCUT2D eigenvalue weighted by molar-refractivity contribution is -0.137. The molecule has 0 unspecified atom stereocenters. The number of hydrogen-bond acceptors (Lipinski definition) is 6. The second-order valence-corrected chi connectivity index (χ2v) is 8.32. The lowest BCUT2D eigenvalue weighted by Crippen LogP contribution is -2.36. The van der Waals surface area contributed by atoms with Gasteiger partial charge in [0.15, 0.2) is 5.82 Å². The molecule has 6 nitrogen and oxygen atoms in total. The van der Waals surface area contributed by atoms with E-state index in [1.165, 1.54) is 12.3 Å². The van der Waals surface area contributed by atoms with Gasteiger partial charge in [0.2, 0.25) is 0 Å². The van der Waals surface area contributed by atoms with Crippen LogP contribution in [0.1, 0.15) is 23.2 Å². The van der Waals surface area contributed by atoms with Gasteiger partial charge in [-0.15, -0.1) is 0 Å². The van der Waals surface area contributed by atoms with Gasteiger partial charge in [-0.3, -0.25) is 4.98 Å². The number of aliphatic hydroxyl groups is 2. The Balaban J connectivity index is 1.53. The maximum Gasteiger partial charge on any atom is 0.416 e. The van der Waals surface area contributed by atoms with E-state index < -0.39 is 17.8 Å². The quantitative estimate of drug-likeness (QED) is 0.504. The molecule has 4 rings (SSSR count). The third-order valence-corrected chi connectivity index (χ3v) is 6.16. The zero-order chi connectivity index (χ0) is 23.4. The Morgan fingerprint density at radius 1 is 1.06 bits per heavy atom. The summed E-state index contributed by atoms with van der Waals surface area (Å²) in [6.07, 6.45) is 0.817. The van der Waals surface area contributed by atoms with Gasteiger partial charge in [0.05, 0.1) is 11.7 Å². The van der Waals surface area contributed by atoms with Crippen LogP contribution in [0.15, 0.2) is 61.1 Å². The van der Waals surface area contributed by atoms with Crippen molar-refractivity contribution in [1.82, 2.24) is 20.3 Å². The Bertz CT molecular complexity index is 1060. The summed E-state index contributed by atoms with van der Waals surface area (Å²) in [7, 11) is 0. The van der Waals surface area contributed by atoms with E-state index in [0.29, 0.717) is 25.1 Å². The number of rotatable bonds is 7. The second kappa shape index (κ2) is 9.94. The molecule has 1 saturated carbocycles. The average molecular weight is 458 g/mol. The second-order valence-electron chi connectivity index (χ2n) is 8.32. The fourth-order valence-electron chi connectivity index (χ4n) is 4.46. The molecule has 2 heterocycles. The molecule has 1 aromatic carbocycles. The smallest absolute Gasteiger partial charge is 0.396 e. The number of nitrogens with one attached hydrogen (secondary N) is 1. The molecule has 0 bridgehead atoms. The van der Waals surface area contributed by atoms with Gasteiger partial charge in [-0.2, -0.15) is 13.2 Å². The molecule has 1 aliphatic rings. The van der Waals surface area contributed by atoms with Crippen LogP contribution in [-0.4, -0.2) is 43.9 Å². The molecule has 0 radical (unpaired) electrons. The number of pyridine rings is 1. The fraction of sp³-hybridized carbons (Fsp3) is 0.375. The molecule has 1 fully saturated rings. The van der Waals surface area contributed by atoms with Crippen LogP contribution in [-0.2, 0) is 19.1 Å². The van der Waals surface area contributed by atoms with Crippen LogP contribution in [0.4, 0.5) is 13.2 Å². The van der Waals surface area contributed by atoms with Crippen LogP contribution in [0.5, 0.6) is 0 Å². The van der Waals surface area contributed by atoms with Crippen molar-refractivity contribution in [2.45, 2.75) is 37.7 Å². The highest BCUT2D eigenvalue weighted by Gasteiger charge is 2.42. The SMILES string of the molecule is OC[C@@H]1[C@@H](Cc2ccnc(-c3cccc(C(F)(F)F)c3)n2)[C@H](NCc2cccnc2)C[C@H]1O. The van der Waals surface area contributed by atoms with Gasteiger partial charge in [-0.05, 0) is 48.6 Å². The van der Waals surface area contributed by atoms with E-state index in [2.05, 4.69) is 20.3 Å². The lowest BCUT2D eigenvalue weighted by atomic mass is 9.88. The van der Waals surface area contributed by atoms with Crippen LogP contribution in [0, 0.1) is 11.8 Å². The first-order valence-corrected chi connectivity index (χ1v) is 10.8. The van der Waals surface area contributed by atoms with Crippen LogP contribution in [0.3, 0.4) is 0 Å². The van der Waals surface area contributed by atoms with E-state index in [1.54, 1.807) is 24.5 Å². The molecule has 2 aromatic heterocycles. The summed E-state index contributed by atoms with van der Waals surface area (Å²) in [4.78, 5) is 12.8. The van der Waals surface area contributed by atoms with Crippen LogP contribution >= 0.6 is 0 Å². The standard InChI is InChI=1S/C24H25F3N4O2/c25-24(26,27)17-5-1-4-16(9-17)23-29-8-6-18(31-23)10-19-20(14-32)22(33)11-21(19)30-13-15-3-2-7-28-12-15/h1-9,12,19-22,30,32-33H,10-11,13-14H2/t19-,20-,21-,22-/m1/s1. The lowest BCUT2D eigenvalue weighted by Gasteiger charge is -2.25. The summed E-state index contributed by atoms with van der Waals surface area (Å²) in [5.41, 5.74) is 1.17. The molecule has 0 spiro atoms. The van der Waals surface area contributed by atoms with E-state index in [9.17, 15) is 23.4 Å². The van der Waals surface area contributed by atoms with Crippen molar-refractivity contribution in [2.24, 2.45) is 11.8 Å². The Labute approximate surface area is 189 Å². The Morgan fingerprint density at radius 3 is 2.64 bits per heavy atom. The topological polar surface area (TPSA) is 91.2 Å². The minimum absolute atomic E-state index is 0.0654. The molecule has 9 heteroatoms. The van der Waals surface area contributed by atoms with Crippen molar-refractivity contribution in [3.63, 3.8) is 0 Å². The average Bonchev–Trinajstić information content (AvgIpc) is 3.12. The number of aromatic nitrogens is 3. The highest BCUT2D eigenvalue weighted by Crippen LogP contribution is 2.35. The number of hydrogen-bond donors (Lipinski definition) is 3. The van der Waals surface area contributed by atoms with Gasteiger partial charge >= 0.3 is 6.18 Å². The van der Waals surface area contributed by atoms with Gasteiger partial charge in [0.25, 0.3) is 0 Å². The molecule has 0 amide bonds. The summed E-state index contributed by atoms with van der Waals surface area (Å²) in [5, 5.41) is 23.8. The zero-order valence-corrected chi connectivity index (χ0v) is 17.8. The predicted molar refractivity (Wildman–Crippen MR) is 116 cm³/mol. The molecule has 3 N–H and O–H groups in total. The molecule has 1 aliphatic carbocycles. The van der Waals surface area contributed by atoms with E-state index >= 15 is 0 Å². The van der Waals surface area contributed by atoms with Crippen molar-refractivity contribution in [3.05, 3.63) is 77.9 Å². The number of nitrogens with zero attached hydrogens (tertiary/aromatic N) is 3. The monoisotopic (exact) mass is 458 g/mol. The summed E-state index contributed by atoms with van der Waals surface area (Å²) in [5.74, 6) is -0.230. The molecule has 4 atom stereocenters. The number of benzene rings is 1. The van der Waals surface area contributed by atoms with E-state index in [0.717, 1.165) is 17.7 Å². The fourth-order valence-corrected chi connectivity index (χ4v) is 4.46. The van der Waals surface area contributed by atoms with Gasteiger partial charge in [0.1, 0.15) is 0 Å². The maximum atomic E-state index is 13.1. The van der Waals surface area contributed by atoms with Crippen LogP contribution in [0.25, 0.3) is 11.4 Å². The van der Waals surface area contributed by atoms with Crippen molar-refractivity contribution in [2.75, 3.05) is 6.61 Å². The third kappa shape index (κ3) is 5.55. The molecular formula is C24H25F3N4O2. The normalized spacial score (nSPS) is 23.1. The van der Waals surface area contributed by atoms with Crippen molar-refractivity contribution in [3.8, 4) is 11.4 Å². The molecule has 33 heavy (non-hydrogen) atoms. The molecule has 0 saturated heterocycles. The molecule has 0 aliphatic heterocycles. The van der Waals surface area contributed by atoms with Crippen LogP contribution in [0.2, 0.25) is 0 Å². The predicted octanol–water partition coefficient (Wildman–Crippen LogP) is 3.25. The maximum absolute atomic E-state index is 13.1. The summed E-state index contributed by atoms with van der Waals surface area (Å²) >= 11 is 0. The number of alkyl halides is 3. The summed E-state index contributed by atoms with van der Waals surface area (Å²) < 4.78 is 39.3. The highest BCUT2D eigenvalue weighted by molar-refractivity contribution is 5.56. The molecule has 3 aromatic rings. The van der Waals surface area contributed by atoms with E-state index in [4.69, 9.17) is 0 Å². The zero-order valence-electron chi connectivity index (χ0n) is 17.8. The van der Waals surface area contributed by atoms with Crippen LogP contribution < -0.4 is 5.32 Å². The van der Waals surface area contributed by atoms with Gasteiger partial charge in [0, 0.05) is 55.0 Å². The first-order chi connectivity index (χ1) is 15.8. The summed E-state index contributed by atoms with van der Waals surface area (Å²) in [6.45, 7) is 0.404. The third-order valence-electron chi connectivity index (χ3n) is 6.16. The van der Waals surface area contributed by atoms with Crippen molar-refractivity contribution < 1.29 is 23.4 Å². The Hall–Kier alpha value is -2.88. The summed E-state index contributed by atoms with van der Waals surface area (Å²) in [6, 6.07) is 10.4. The first kappa shape index (κ1) is 23.3. The van der Waals surface area contributed by atoms with Gasteiger partial charge in [-0.1, -0.05) is 18.2 Å². The van der Waals surface area contributed by atoms with E-state index in [-0.39, 0.29) is 35.9 Å². The Kier molecular flexibility index (Phi) is 7.02. The minimum Gasteiger partial charge on any atom is -0.396 e. The highest BCUT2D eigenvalue weighted by atomic mass is 19.4. The number of aliphatic hydroxyl groups excluding tert-OH is 2.